The van der Waals surface area contributed by atoms with Gasteiger partial charge in [0.25, 0.3) is 5.56 Å². The van der Waals surface area contributed by atoms with Gasteiger partial charge in [0.2, 0.25) is 13.6 Å². The SMILES string of the molecule is CC(C)(C)C(=O)OCOP(=O)(OCCC(O)[C@@](C)(O)[C@@H](O)n1ccc(=O)[nH]c1=S)OCOC(=O)C(C)(C)C. The molecule has 0 bridgehead atoms. The Morgan fingerprint density at radius 2 is 1.47 bits per heavy atom. The van der Waals surface area contributed by atoms with E-state index >= 15 is 0 Å². The van der Waals surface area contributed by atoms with Crippen molar-refractivity contribution in [2.24, 2.45) is 10.8 Å². The Labute approximate surface area is 225 Å². The van der Waals surface area contributed by atoms with Crippen molar-refractivity contribution in [3.05, 3.63) is 27.4 Å². The average Bonchev–Trinajstić information content (AvgIpc) is 2.77. The van der Waals surface area contributed by atoms with Crippen LogP contribution in [-0.4, -0.2) is 68.7 Å². The van der Waals surface area contributed by atoms with Crippen LogP contribution in [0.5, 0.6) is 0 Å². The smallest absolute Gasteiger partial charge is 0.437 e. The number of nitrogens with one attached hydrogen (secondary N) is 1. The first-order chi connectivity index (χ1) is 17.2. The van der Waals surface area contributed by atoms with Crippen molar-refractivity contribution in [1.82, 2.24) is 9.55 Å². The third-order valence-corrected chi connectivity index (χ3v) is 6.63. The number of carbonyl (C=O) groups is 2. The molecule has 0 amide bonds. The zero-order chi connectivity index (χ0) is 29.5. The molecule has 1 aromatic rings. The molecule has 1 unspecified atom stereocenters. The Morgan fingerprint density at radius 3 is 1.89 bits per heavy atom. The van der Waals surface area contributed by atoms with E-state index in [1.54, 1.807) is 41.5 Å². The molecular weight excluding hydrogens is 547 g/mol. The minimum Gasteiger partial charge on any atom is -0.437 e. The van der Waals surface area contributed by atoms with Crippen LogP contribution in [0.1, 0.15) is 61.1 Å². The van der Waals surface area contributed by atoms with Crippen LogP contribution in [0.15, 0.2) is 17.1 Å². The van der Waals surface area contributed by atoms with E-state index in [0.717, 1.165) is 23.8 Å². The lowest BCUT2D eigenvalue weighted by Gasteiger charge is -2.34. The maximum Gasteiger partial charge on any atom is 0.480 e. The molecule has 16 heteroatoms. The second-order valence-electron chi connectivity index (χ2n) is 10.6. The molecule has 218 valence electrons. The summed E-state index contributed by atoms with van der Waals surface area (Å²) in [6.45, 7) is 8.50. The zero-order valence-electron chi connectivity index (χ0n) is 22.5. The molecule has 0 aliphatic rings. The molecule has 4 N–H and O–H groups in total. The number of carbonyl (C=O) groups excluding carboxylic acids is 2. The Bertz CT molecular complexity index is 1080. The molecule has 0 saturated carbocycles. The van der Waals surface area contributed by atoms with Gasteiger partial charge in [-0.15, -0.1) is 0 Å². The van der Waals surface area contributed by atoms with Crippen LogP contribution in [0.3, 0.4) is 0 Å². The fourth-order valence-corrected chi connectivity index (χ4v) is 3.65. The highest BCUT2D eigenvalue weighted by molar-refractivity contribution is 7.71. The normalized spacial score (nSPS) is 15.8. The monoisotopic (exact) mass is 584 g/mol. The molecular formula is C22H37N2O12PS. The summed E-state index contributed by atoms with van der Waals surface area (Å²) in [5.74, 6) is -1.32. The van der Waals surface area contributed by atoms with Gasteiger partial charge in [-0.25, -0.2) is 13.6 Å². The number of phosphoric ester groups is 1. The number of aliphatic hydroxyl groups excluding tert-OH is 2. The first-order valence-electron chi connectivity index (χ1n) is 11.5. The van der Waals surface area contributed by atoms with E-state index in [2.05, 4.69) is 4.98 Å². The molecule has 0 aliphatic carbocycles. The summed E-state index contributed by atoms with van der Waals surface area (Å²) in [4.78, 5) is 37.5. The number of rotatable bonds is 13. The van der Waals surface area contributed by atoms with Crippen LogP contribution < -0.4 is 5.56 Å². The lowest BCUT2D eigenvalue weighted by atomic mass is 9.94. The predicted octanol–water partition coefficient (Wildman–Crippen LogP) is 2.15. The zero-order valence-corrected chi connectivity index (χ0v) is 24.2. The Balaban J connectivity index is 2.87. The molecule has 1 aromatic heterocycles. The van der Waals surface area contributed by atoms with Gasteiger partial charge >= 0.3 is 19.8 Å². The number of esters is 2. The molecule has 1 heterocycles. The van der Waals surface area contributed by atoms with E-state index in [1.165, 1.54) is 0 Å². The van der Waals surface area contributed by atoms with Gasteiger partial charge in [0.1, 0.15) is 5.60 Å². The lowest BCUT2D eigenvalue weighted by molar-refractivity contribution is -0.168. The number of H-pyrrole nitrogens is 1. The third-order valence-electron chi connectivity index (χ3n) is 4.98. The maximum absolute atomic E-state index is 13.0. The van der Waals surface area contributed by atoms with Crippen LogP contribution in [0.2, 0.25) is 0 Å². The highest BCUT2D eigenvalue weighted by Gasteiger charge is 2.40. The van der Waals surface area contributed by atoms with E-state index < -0.39 is 80.7 Å². The van der Waals surface area contributed by atoms with Crippen molar-refractivity contribution < 1.29 is 52.5 Å². The number of hydrogen-bond acceptors (Lipinski definition) is 13. The van der Waals surface area contributed by atoms with Gasteiger partial charge in [-0.3, -0.25) is 28.5 Å². The molecule has 38 heavy (non-hydrogen) atoms. The summed E-state index contributed by atoms with van der Waals surface area (Å²) in [6.07, 6.45) is -2.72. The van der Waals surface area contributed by atoms with Gasteiger partial charge in [-0.05, 0) is 60.7 Å². The number of hydrogen-bond donors (Lipinski definition) is 4. The molecule has 0 radical (unpaired) electrons. The van der Waals surface area contributed by atoms with Crippen molar-refractivity contribution in [2.45, 2.75) is 72.8 Å². The maximum atomic E-state index is 13.0. The highest BCUT2D eigenvalue weighted by Crippen LogP contribution is 2.49. The summed E-state index contributed by atoms with van der Waals surface area (Å²) < 4.78 is 38.8. The summed E-state index contributed by atoms with van der Waals surface area (Å²) in [7, 11) is -4.51. The number of phosphoric acid groups is 1. The number of aromatic nitrogens is 2. The summed E-state index contributed by atoms with van der Waals surface area (Å²) in [5, 5.41) is 31.8. The van der Waals surface area contributed by atoms with Crippen molar-refractivity contribution >= 4 is 32.0 Å². The van der Waals surface area contributed by atoms with Crippen molar-refractivity contribution in [1.29, 1.82) is 0 Å². The Morgan fingerprint density at radius 1 is 1.00 bits per heavy atom. The van der Waals surface area contributed by atoms with Gasteiger partial charge in [0.15, 0.2) is 11.0 Å². The topological polar surface area (TPSA) is 196 Å². The van der Waals surface area contributed by atoms with Crippen LogP contribution in [0.4, 0.5) is 0 Å². The predicted molar refractivity (Wildman–Crippen MR) is 135 cm³/mol. The molecule has 0 aliphatic heterocycles. The molecule has 0 spiro atoms. The van der Waals surface area contributed by atoms with E-state index in [-0.39, 0.29) is 4.77 Å². The number of aromatic amines is 1. The fourth-order valence-electron chi connectivity index (χ4n) is 2.48. The van der Waals surface area contributed by atoms with Gasteiger partial charge in [0, 0.05) is 18.7 Å². The summed E-state index contributed by atoms with van der Waals surface area (Å²) >= 11 is 4.96. The molecule has 1 rings (SSSR count). The summed E-state index contributed by atoms with van der Waals surface area (Å²) in [6, 6.07) is 1.06. The molecule has 0 aromatic carbocycles. The largest absolute Gasteiger partial charge is 0.480 e. The number of nitrogens with zero attached hydrogens (tertiary/aromatic N) is 1. The first kappa shape index (κ1) is 34.1. The average molecular weight is 585 g/mol. The van der Waals surface area contributed by atoms with E-state index in [1.807, 2.05) is 0 Å². The quantitative estimate of drug-likeness (QED) is 0.114. The summed E-state index contributed by atoms with van der Waals surface area (Å²) in [5.41, 5.74) is -4.48. The van der Waals surface area contributed by atoms with Crippen LogP contribution >= 0.6 is 20.0 Å². The van der Waals surface area contributed by atoms with Crippen LogP contribution in [0, 0.1) is 15.6 Å². The standard InChI is InChI=1S/C22H37N2O12PS/c1-20(2,3)17(28)32-12-35-37(31,36-13-33-18(29)21(4,5)6)34-11-9-14(25)22(7,30)16(27)24-10-8-15(26)23-19(24)38/h8,10,14,16,25,27,30H,9,11-13H2,1-7H3,(H,23,26,38)/t14?,16-,22-/m1/s1. The second kappa shape index (κ2) is 13.4. The number of aliphatic hydroxyl groups is 3. The van der Waals surface area contributed by atoms with Gasteiger partial charge in [0.05, 0.1) is 23.5 Å². The minimum atomic E-state index is -4.51. The fraction of sp³-hybridized carbons (Fsp3) is 0.727. The van der Waals surface area contributed by atoms with Gasteiger partial charge in [-0.1, -0.05) is 0 Å². The number of ether oxygens (including phenoxy) is 2. The van der Waals surface area contributed by atoms with Crippen molar-refractivity contribution in [3.8, 4) is 0 Å². The molecule has 0 fully saturated rings. The van der Waals surface area contributed by atoms with Crippen molar-refractivity contribution in [3.63, 3.8) is 0 Å². The van der Waals surface area contributed by atoms with Crippen molar-refractivity contribution in [2.75, 3.05) is 20.2 Å². The van der Waals surface area contributed by atoms with Crippen LogP contribution in [0.25, 0.3) is 0 Å². The Hall–Kier alpha value is -1.97. The van der Waals surface area contributed by atoms with E-state index in [0.29, 0.717) is 0 Å². The molecule has 14 nitrogen and oxygen atoms in total. The van der Waals surface area contributed by atoms with Gasteiger partial charge in [-0.2, -0.15) is 0 Å². The molecule has 3 atom stereocenters. The van der Waals surface area contributed by atoms with Crippen LogP contribution in [-0.2, 0) is 37.2 Å². The van der Waals surface area contributed by atoms with E-state index in [9.17, 15) is 34.3 Å². The first-order valence-corrected chi connectivity index (χ1v) is 13.4. The minimum absolute atomic E-state index is 0.199. The van der Waals surface area contributed by atoms with E-state index in [4.69, 9.17) is 35.3 Å². The third kappa shape index (κ3) is 10.3. The van der Waals surface area contributed by atoms with Gasteiger partial charge < -0.3 is 24.8 Å². The second-order valence-corrected chi connectivity index (χ2v) is 12.6. The Kier molecular flexibility index (Phi) is 12.0. The highest BCUT2D eigenvalue weighted by atomic mass is 32.1. The molecule has 0 saturated heterocycles. The lowest BCUT2D eigenvalue weighted by Crippen LogP contribution is -2.48.